The summed E-state index contributed by atoms with van der Waals surface area (Å²) in [5.74, 6) is -6.26. The SMILES string of the molecule is CC[C@H](C)[C@H](NC(C)=O)C(=O)N[C@@H](CCC(=O)O)C(=O)N1C[C@H](NC(C)=O)CC1C(=O)N[C@H](O)CC(=O)O. The van der Waals surface area contributed by atoms with Crippen molar-refractivity contribution in [2.24, 2.45) is 5.92 Å². The van der Waals surface area contributed by atoms with Gasteiger partial charge in [-0.2, -0.15) is 0 Å². The van der Waals surface area contributed by atoms with Gasteiger partial charge in [0.1, 0.15) is 24.4 Å². The van der Waals surface area contributed by atoms with E-state index >= 15 is 0 Å². The van der Waals surface area contributed by atoms with Crippen LogP contribution in [0.2, 0.25) is 0 Å². The number of aliphatic carboxylic acids is 2. The number of carboxylic acid groups (broad SMARTS) is 2. The standard InChI is InChI=1S/C23H37N5O10/c1-5-11(2)20(25-13(4)30)22(37)26-15(6-7-18(32)33)23(38)28-10-14(24-12(3)29)8-16(28)21(36)27-17(31)9-19(34)35/h11,14-17,20,31H,5-10H2,1-4H3,(H,24,29)(H,25,30)(H,26,37)(H,27,36)(H,32,33)(H,34,35)/t11-,14+,15-,16?,17+,20-/m0/s1. The average Bonchev–Trinajstić information content (AvgIpc) is 3.21. The number of carboxylic acids is 2. The molecule has 214 valence electrons. The number of nitrogens with one attached hydrogen (secondary N) is 4. The van der Waals surface area contributed by atoms with Gasteiger partial charge >= 0.3 is 11.9 Å². The van der Waals surface area contributed by atoms with E-state index in [0.717, 1.165) is 4.90 Å². The number of likely N-dealkylation sites (tertiary alicyclic amines) is 1. The summed E-state index contributed by atoms with van der Waals surface area (Å²) >= 11 is 0. The summed E-state index contributed by atoms with van der Waals surface area (Å²) in [6.45, 7) is 5.82. The smallest absolute Gasteiger partial charge is 0.307 e. The number of hydrogen-bond acceptors (Lipinski definition) is 8. The van der Waals surface area contributed by atoms with E-state index in [1.807, 2.05) is 0 Å². The summed E-state index contributed by atoms with van der Waals surface area (Å²) in [5.41, 5.74) is 0. The van der Waals surface area contributed by atoms with Gasteiger partial charge in [0, 0.05) is 32.9 Å². The first kappa shape index (κ1) is 32.3. The molecule has 0 aromatic carbocycles. The molecule has 0 radical (unpaired) electrons. The van der Waals surface area contributed by atoms with Crippen LogP contribution in [0.4, 0.5) is 0 Å². The fraction of sp³-hybridized carbons (Fsp3) is 0.696. The molecule has 0 aromatic rings. The lowest BCUT2D eigenvalue weighted by Gasteiger charge is -2.30. The molecule has 1 aliphatic heterocycles. The van der Waals surface area contributed by atoms with Crippen LogP contribution in [0.15, 0.2) is 0 Å². The molecule has 1 heterocycles. The molecule has 0 aromatic heterocycles. The van der Waals surface area contributed by atoms with Gasteiger partial charge in [-0.15, -0.1) is 0 Å². The van der Waals surface area contributed by atoms with Crippen molar-refractivity contribution in [3.05, 3.63) is 0 Å². The van der Waals surface area contributed by atoms with Crippen LogP contribution in [0.5, 0.6) is 0 Å². The second-order valence-corrected chi connectivity index (χ2v) is 9.32. The van der Waals surface area contributed by atoms with Crippen molar-refractivity contribution >= 4 is 41.5 Å². The molecule has 15 heteroatoms. The molecule has 0 saturated carbocycles. The van der Waals surface area contributed by atoms with Gasteiger partial charge in [0.15, 0.2) is 0 Å². The number of carbonyl (C=O) groups excluding carboxylic acids is 5. The monoisotopic (exact) mass is 543 g/mol. The number of aliphatic hydroxyl groups excluding tert-OH is 1. The van der Waals surface area contributed by atoms with Crippen molar-refractivity contribution in [2.75, 3.05) is 6.54 Å². The Labute approximate surface area is 219 Å². The molecule has 0 aliphatic carbocycles. The normalized spacial score (nSPS) is 19.9. The van der Waals surface area contributed by atoms with Crippen molar-refractivity contribution in [3.63, 3.8) is 0 Å². The molecule has 7 N–H and O–H groups in total. The Morgan fingerprint density at radius 1 is 0.947 bits per heavy atom. The Balaban J connectivity index is 3.25. The number of carbonyl (C=O) groups is 7. The predicted octanol–water partition coefficient (Wildman–Crippen LogP) is -2.10. The van der Waals surface area contributed by atoms with E-state index in [1.165, 1.54) is 13.8 Å². The van der Waals surface area contributed by atoms with Gasteiger partial charge in [0.05, 0.1) is 6.42 Å². The molecule has 38 heavy (non-hydrogen) atoms. The van der Waals surface area contributed by atoms with Crippen LogP contribution in [-0.2, 0) is 33.6 Å². The average molecular weight is 544 g/mol. The van der Waals surface area contributed by atoms with Crippen LogP contribution in [0.1, 0.15) is 59.8 Å². The van der Waals surface area contributed by atoms with Crippen molar-refractivity contribution in [3.8, 4) is 0 Å². The summed E-state index contributed by atoms with van der Waals surface area (Å²) < 4.78 is 0. The maximum atomic E-state index is 13.6. The van der Waals surface area contributed by atoms with Crippen molar-refractivity contribution in [1.29, 1.82) is 0 Å². The summed E-state index contributed by atoms with van der Waals surface area (Å²) in [5, 5.41) is 37.5. The van der Waals surface area contributed by atoms with Gasteiger partial charge in [0.2, 0.25) is 29.5 Å². The van der Waals surface area contributed by atoms with Crippen LogP contribution in [0.25, 0.3) is 0 Å². The van der Waals surface area contributed by atoms with E-state index in [9.17, 15) is 38.7 Å². The van der Waals surface area contributed by atoms with E-state index < -0.39 is 84.7 Å². The third kappa shape index (κ3) is 10.3. The van der Waals surface area contributed by atoms with Gasteiger partial charge < -0.3 is 41.5 Å². The third-order valence-corrected chi connectivity index (χ3v) is 6.09. The first-order valence-corrected chi connectivity index (χ1v) is 12.2. The highest BCUT2D eigenvalue weighted by Crippen LogP contribution is 2.21. The fourth-order valence-corrected chi connectivity index (χ4v) is 4.10. The van der Waals surface area contributed by atoms with Crippen molar-refractivity contribution in [1.82, 2.24) is 26.2 Å². The minimum Gasteiger partial charge on any atom is -0.481 e. The van der Waals surface area contributed by atoms with E-state index in [4.69, 9.17) is 10.2 Å². The van der Waals surface area contributed by atoms with Crippen LogP contribution in [0.3, 0.4) is 0 Å². The zero-order valence-electron chi connectivity index (χ0n) is 21.9. The molecule has 0 spiro atoms. The Morgan fingerprint density at radius 3 is 2.08 bits per heavy atom. The van der Waals surface area contributed by atoms with Gasteiger partial charge in [-0.25, -0.2) is 0 Å². The highest BCUT2D eigenvalue weighted by Gasteiger charge is 2.43. The van der Waals surface area contributed by atoms with E-state index in [2.05, 4.69) is 21.3 Å². The molecule has 1 rings (SSSR count). The summed E-state index contributed by atoms with van der Waals surface area (Å²) in [7, 11) is 0. The Kier molecular flexibility index (Phi) is 12.6. The molecular weight excluding hydrogens is 506 g/mol. The summed E-state index contributed by atoms with van der Waals surface area (Å²) in [6.07, 6.45) is -2.92. The van der Waals surface area contributed by atoms with Crippen LogP contribution < -0.4 is 21.3 Å². The molecule has 0 bridgehead atoms. The largest absolute Gasteiger partial charge is 0.481 e. The first-order valence-electron chi connectivity index (χ1n) is 12.2. The molecule has 1 saturated heterocycles. The van der Waals surface area contributed by atoms with Crippen molar-refractivity contribution in [2.45, 2.75) is 90.2 Å². The highest BCUT2D eigenvalue weighted by molar-refractivity contribution is 5.95. The molecule has 1 aliphatic rings. The topological polar surface area (TPSA) is 232 Å². The van der Waals surface area contributed by atoms with Gasteiger partial charge in [-0.05, 0) is 18.8 Å². The van der Waals surface area contributed by atoms with Crippen LogP contribution in [-0.4, -0.2) is 98.6 Å². The molecule has 1 unspecified atom stereocenters. The first-order chi connectivity index (χ1) is 17.7. The lowest BCUT2D eigenvalue weighted by Crippen LogP contribution is -2.58. The van der Waals surface area contributed by atoms with Gasteiger partial charge in [-0.3, -0.25) is 33.6 Å². The van der Waals surface area contributed by atoms with E-state index in [-0.39, 0.29) is 25.3 Å². The van der Waals surface area contributed by atoms with Gasteiger partial charge in [0.25, 0.3) is 0 Å². The third-order valence-electron chi connectivity index (χ3n) is 6.09. The Hall–Kier alpha value is -3.75. The zero-order valence-corrected chi connectivity index (χ0v) is 21.9. The van der Waals surface area contributed by atoms with Crippen molar-refractivity contribution < 1.29 is 48.9 Å². The lowest BCUT2D eigenvalue weighted by atomic mass is 9.97. The predicted molar refractivity (Wildman–Crippen MR) is 130 cm³/mol. The Bertz CT molecular complexity index is 926. The van der Waals surface area contributed by atoms with Crippen LogP contribution >= 0.6 is 0 Å². The molecule has 15 nitrogen and oxygen atoms in total. The second-order valence-electron chi connectivity index (χ2n) is 9.32. The number of rotatable bonds is 14. The minimum absolute atomic E-state index is 0.0715. The quantitative estimate of drug-likeness (QED) is 0.118. The number of aliphatic hydroxyl groups is 1. The number of nitrogens with zero attached hydrogens (tertiary/aromatic N) is 1. The number of amides is 5. The fourth-order valence-electron chi connectivity index (χ4n) is 4.10. The second kappa shape index (κ2) is 14.9. The Morgan fingerprint density at radius 2 is 1.58 bits per heavy atom. The van der Waals surface area contributed by atoms with Crippen LogP contribution in [0, 0.1) is 5.92 Å². The highest BCUT2D eigenvalue weighted by atomic mass is 16.4. The van der Waals surface area contributed by atoms with Gasteiger partial charge in [-0.1, -0.05) is 20.3 Å². The van der Waals surface area contributed by atoms with E-state index in [1.54, 1.807) is 13.8 Å². The molecule has 5 amide bonds. The maximum Gasteiger partial charge on any atom is 0.307 e. The minimum atomic E-state index is -1.74. The maximum absolute atomic E-state index is 13.6. The molecule has 6 atom stereocenters. The molecular formula is C23H37N5O10. The molecule has 1 fully saturated rings. The zero-order chi connectivity index (χ0) is 29.2. The summed E-state index contributed by atoms with van der Waals surface area (Å²) in [4.78, 5) is 85.8. The summed E-state index contributed by atoms with van der Waals surface area (Å²) in [6, 6.07) is -4.33. The number of hydrogen-bond donors (Lipinski definition) is 7. The van der Waals surface area contributed by atoms with E-state index in [0.29, 0.717) is 6.42 Å². The lowest BCUT2D eigenvalue weighted by molar-refractivity contribution is -0.145.